The van der Waals surface area contributed by atoms with Crippen LogP contribution in [-0.2, 0) is 0 Å². The summed E-state index contributed by atoms with van der Waals surface area (Å²) in [6, 6.07) is 17.4. The number of benzene rings is 3. The zero-order valence-corrected chi connectivity index (χ0v) is 15.0. The Balaban J connectivity index is 1.80. The smallest absolute Gasteiger partial charge is 0.134 e. The molecule has 0 bridgehead atoms. The Morgan fingerprint density at radius 2 is 1.50 bits per heavy atom. The minimum atomic E-state index is 0.809. The molecule has 0 saturated carbocycles. The molecule has 0 atom stereocenters. The van der Waals surface area contributed by atoms with Crippen molar-refractivity contribution in [2.24, 2.45) is 0 Å². The molecule has 0 heterocycles. The first kappa shape index (κ1) is 16.8. The number of aryl methyl sites for hydroxylation is 1. The molecule has 0 unspecified atom stereocenters. The number of unbranched alkanes of at least 4 members (excludes halogenated alkanes) is 5. The van der Waals surface area contributed by atoms with Gasteiger partial charge < -0.3 is 4.74 Å². The molecule has 3 aromatic rings. The van der Waals surface area contributed by atoms with Crippen LogP contribution in [0.5, 0.6) is 5.75 Å². The molecule has 0 aromatic heterocycles. The van der Waals surface area contributed by atoms with E-state index in [1.165, 1.54) is 59.2 Å². The third-order valence-electron chi connectivity index (χ3n) is 4.71. The van der Waals surface area contributed by atoms with Crippen LogP contribution in [0.4, 0.5) is 0 Å². The highest BCUT2D eigenvalue weighted by Crippen LogP contribution is 2.35. The van der Waals surface area contributed by atoms with Crippen LogP contribution >= 0.6 is 0 Å². The van der Waals surface area contributed by atoms with Crippen molar-refractivity contribution in [2.45, 2.75) is 52.4 Å². The highest BCUT2D eigenvalue weighted by Gasteiger charge is 2.09. The highest BCUT2D eigenvalue weighted by molar-refractivity contribution is 6.05. The third-order valence-corrected chi connectivity index (χ3v) is 4.71. The molecule has 1 heteroatoms. The van der Waals surface area contributed by atoms with Gasteiger partial charge in [0.25, 0.3) is 0 Å². The molecule has 126 valence electrons. The number of hydrogen-bond acceptors (Lipinski definition) is 1. The summed E-state index contributed by atoms with van der Waals surface area (Å²) in [5.41, 5.74) is 1.28. The van der Waals surface area contributed by atoms with E-state index < -0.39 is 0 Å². The molecule has 1 nitrogen and oxygen atoms in total. The lowest BCUT2D eigenvalue weighted by molar-refractivity contribution is 0.311. The van der Waals surface area contributed by atoms with Gasteiger partial charge in [-0.25, -0.2) is 0 Å². The standard InChI is InChI=1S/C23H28O/c1-3-4-5-6-7-10-15-24-23-21-12-9-8-11-19(21)17-20-14-13-18(2)16-22(20)23/h8-9,11-14,16-17H,3-7,10,15H2,1-2H3. The summed E-state index contributed by atoms with van der Waals surface area (Å²) in [7, 11) is 0. The number of fused-ring (bicyclic) bond motifs is 2. The lowest BCUT2D eigenvalue weighted by Crippen LogP contribution is -1.99. The quantitative estimate of drug-likeness (QED) is 0.319. The Morgan fingerprint density at radius 1 is 0.750 bits per heavy atom. The molecular formula is C23H28O. The van der Waals surface area contributed by atoms with Crippen LogP contribution in [0, 0.1) is 6.92 Å². The van der Waals surface area contributed by atoms with Gasteiger partial charge in [0.05, 0.1) is 6.61 Å². The topological polar surface area (TPSA) is 9.23 Å². The fourth-order valence-electron chi connectivity index (χ4n) is 3.35. The predicted molar refractivity (Wildman–Crippen MR) is 105 cm³/mol. The molecule has 24 heavy (non-hydrogen) atoms. The molecule has 0 amide bonds. The summed E-state index contributed by atoms with van der Waals surface area (Å²) in [6.45, 7) is 5.21. The molecule has 0 fully saturated rings. The highest BCUT2D eigenvalue weighted by atomic mass is 16.5. The Bertz CT molecular complexity index is 804. The van der Waals surface area contributed by atoms with Crippen molar-refractivity contribution < 1.29 is 4.74 Å². The maximum Gasteiger partial charge on any atom is 0.134 e. The average molecular weight is 320 g/mol. The number of ether oxygens (including phenoxy) is 1. The fraction of sp³-hybridized carbons (Fsp3) is 0.391. The van der Waals surface area contributed by atoms with E-state index in [9.17, 15) is 0 Å². The van der Waals surface area contributed by atoms with Gasteiger partial charge >= 0.3 is 0 Å². The van der Waals surface area contributed by atoms with E-state index in [-0.39, 0.29) is 0 Å². The largest absolute Gasteiger partial charge is 0.492 e. The van der Waals surface area contributed by atoms with Crippen molar-refractivity contribution in [3.05, 3.63) is 54.1 Å². The van der Waals surface area contributed by atoms with E-state index in [4.69, 9.17) is 4.74 Å². The maximum absolute atomic E-state index is 6.29. The van der Waals surface area contributed by atoms with Crippen molar-refractivity contribution in [2.75, 3.05) is 6.61 Å². The fourth-order valence-corrected chi connectivity index (χ4v) is 3.35. The van der Waals surface area contributed by atoms with Crippen LogP contribution in [0.2, 0.25) is 0 Å². The van der Waals surface area contributed by atoms with Crippen LogP contribution in [0.25, 0.3) is 21.5 Å². The van der Waals surface area contributed by atoms with Crippen molar-refractivity contribution in [3.8, 4) is 5.75 Å². The Labute approximate surface area is 145 Å². The van der Waals surface area contributed by atoms with Crippen molar-refractivity contribution in [3.63, 3.8) is 0 Å². The summed E-state index contributed by atoms with van der Waals surface area (Å²) in [5, 5.41) is 4.98. The summed E-state index contributed by atoms with van der Waals surface area (Å²) < 4.78 is 6.29. The first-order valence-corrected chi connectivity index (χ1v) is 9.34. The normalized spacial score (nSPS) is 11.2. The van der Waals surface area contributed by atoms with Crippen LogP contribution in [-0.4, -0.2) is 6.61 Å². The van der Waals surface area contributed by atoms with Gasteiger partial charge in [-0.15, -0.1) is 0 Å². The van der Waals surface area contributed by atoms with Gasteiger partial charge in [0.15, 0.2) is 0 Å². The number of hydrogen-bond donors (Lipinski definition) is 0. The Kier molecular flexibility index (Phi) is 5.74. The lowest BCUT2D eigenvalue weighted by atomic mass is 10.0. The SMILES string of the molecule is CCCCCCCCOc1c2ccccc2cc2ccc(C)cc12. The summed E-state index contributed by atoms with van der Waals surface area (Å²) >= 11 is 0. The molecule has 0 aliphatic carbocycles. The Morgan fingerprint density at radius 3 is 2.38 bits per heavy atom. The second-order valence-electron chi connectivity index (χ2n) is 6.77. The van der Waals surface area contributed by atoms with Gasteiger partial charge in [-0.05, 0) is 36.2 Å². The van der Waals surface area contributed by atoms with Gasteiger partial charge in [-0.2, -0.15) is 0 Å². The molecule has 0 N–H and O–H groups in total. The molecule has 0 radical (unpaired) electrons. The van der Waals surface area contributed by atoms with Gasteiger partial charge in [-0.1, -0.05) is 81.0 Å². The average Bonchev–Trinajstić information content (AvgIpc) is 2.60. The third kappa shape index (κ3) is 3.90. The van der Waals surface area contributed by atoms with E-state index in [1.807, 2.05) is 0 Å². The molecule has 0 spiro atoms. The molecule has 3 rings (SSSR count). The summed E-state index contributed by atoms with van der Waals surface area (Å²) in [6.07, 6.45) is 7.74. The summed E-state index contributed by atoms with van der Waals surface area (Å²) in [4.78, 5) is 0. The van der Waals surface area contributed by atoms with Gasteiger partial charge in [0.1, 0.15) is 5.75 Å². The van der Waals surface area contributed by atoms with Crippen molar-refractivity contribution in [1.82, 2.24) is 0 Å². The van der Waals surface area contributed by atoms with Crippen LogP contribution in [0.3, 0.4) is 0 Å². The van der Waals surface area contributed by atoms with E-state index in [1.54, 1.807) is 0 Å². The molecule has 0 aliphatic rings. The zero-order chi connectivity index (χ0) is 16.8. The molecule has 0 saturated heterocycles. The first-order chi connectivity index (χ1) is 11.8. The van der Waals surface area contributed by atoms with Crippen molar-refractivity contribution >= 4 is 21.5 Å². The molecule has 3 aromatic carbocycles. The second kappa shape index (κ2) is 8.19. The Hall–Kier alpha value is -2.02. The minimum absolute atomic E-state index is 0.809. The van der Waals surface area contributed by atoms with Crippen LogP contribution in [0.15, 0.2) is 48.5 Å². The van der Waals surface area contributed by atoms with E-state index in [2.05, 4.69) is 62.4 Å². The van der Waals surface area contributed by atoms with Crippen molar-refractivity contribution in [1.29, 1.82) is 0 Å². The maximum atomic E-state index is 6.29. The van der Waals surface area contributed by atoms with E-state index in [0.717, 1.165) is 18.8 Å². The molecular weight excluding hydrogens is 292 g/mol. The molecule has 0 aliphatic heterocycles. The monoisotopic (exact) mass is 320 g/mol. The summed E-state index contributed by atoms with van der Waals surface area (Å²) in [5.74, 6) is 1.06. The second-order valence-corrected chi connectivity index (χ2v) is 6.77. The van der Waals surface area contributed by atoms with E-state index in [0.29, 0.717) is 0 Å². The van der Waals surface area contributed by atoms with E-state index >= 15 is 0 Å². The zero-order valence-electron chi connectivity index (χ0n) is 15.0. The lowest BCUT2D eigenvalue weighted by Gasteiger charge is -2.14. The first-order valence-electron chi connectivity index (χ1n) is 9.34. The van der Waals surface area contributed by atoms with Crippen LogP contribution in [0.1, 0.15) is 51.0 Å². The van der Waals surface area contributed by atoms with Gasteiger partial charge in [0, 0.05) is 10.8 Å². The van der Waals surface area contributed by atoms with Crippen LogP contribution < -0.4 is 4.74 Å². The van der Waals surface area contributed by atoms with Gasteiger partial charge in [-0.3, -0.25) is 0 Å². The number of rotatable bonds is 8. The van der Waals surface area contributed by atoms with Gasteiger partial charge in [0.2, 0.25) is 0 Å². The minimum Gasteiger partial charge on any atom is -0.492 e. The predicted octanol–water partition coefficient (Wildman–Crippen LogP) is 7.04.